The fourth-order valence-corrected chi connectivity index (χ4v) is 0.783. The van der Waals surface area contributed by atoms with Crippen LogP contribution in [0.2, 0.25) is 0 Å². The topological polar surface area (TPSA) is 34.3 Å². The Morgan fingerprint density at radius 2 is 2.11 bits per heavy atom. The van der Waals surface area contributed by atoms with Crippen LogP contribution in [0.25, 0.3) is 0 Å². The summed E-state index contributed by atoms with van der Waals surface area (Å²) in [6.07, 6.45) is 4.34. The minimum Gasteiger partial charge on any atom is -0.297 e. The molecule has 0 fully saturated rings. The van der Waals surface area contributed by atoms with Crippen LogP contribution in [0.1, 0.15) is 39.5 Å². The van der Waals surface area contributed by atoms with Crippen molar-refractivity contribution in [1.29, 1.82) is 0 Å². The third-order valence-electron chi connectivity index (χ3n) is 1.53. The predicted molar refractivity (Wildman–Crippen MR) is 37.5 cm³/mol. The van der Waals surface area contributed by atoms with Crippen molar-refractivity contribution in [2.24, 2.45) is 0 Å². The van der Waals surface area contributed by atoms with E-state index in [9.17, 15) is 0 Å². The van der Waals surface area contributed by atoms with Gasteiger partial charge in [0.15, 0.2) is 0 Å². The van der Waals surface area contributed by atoms with Crippen LogP contribution in [0.5, 0.6) is 0 Å². The third-order valence-corrected chi connectivity index (χ3v) is 1.53. The third kappa shape index (κ3) is 4.43. The van der Waals surface area contributed by atoms with Crippen LogP contribution in [-0.4, -0.2) is 11.2 Å². The van der Waals surface area contributed by atoms with Gasteiger partial charge in [0.2, 0.25) is 0 Å². The summed E-state index contributed by atoms with van der Waals surface area (Å²) in [6.45, 7) is 4.18. The van der Waals surface area contributed by atoms with Gasteiger partial charge in [-0.1, -0.05) is 32.2 Å². The molecule has 0 aromatic carbocycles. The van der Waals surface area contributed by atoms with Gasteiger partial charge in [-0.3, -0.25) is 5.21 Å². The van der Waals surface area contributed by atoms with Crippen LogP contribution >= 0.6 is 0 Å². The SMILES string of the molecule is CCCCC(CC)[N]O. The van der Waals surface area contributed by atoms with Crippen molar-refractivity contribution in [2.75, 3.05) is 0 Å². The van der Waals surface area contributed by atoms with Crippen molar-refractivity contribution >= 4 is 0 Å². The van der Waals surface area contributed by atoms with E-state index in [1.807, 2.05) is 6.92 Å². The lowest BCUT2D eigenvalue weighted by atomic mass is 10.1. The number of hydroxylamine groups is 1. The number of hydrogen-bond acceptors (Lipinski definition) is 1. The summed E-state index contributed by atoms with van der Waals surface area (Å²) in [5, 5.41) is 8.38. The van der Waals surface area contributed by atoms with Gasteiger partial charge in [0.1, 0.15) is 0 Å². The average molecular weight is 130 g/mol. The zero-order chi connectivity index (χ0) is 7.11. The first-order valence-electron chi connectivity index (χ1n) is 3.69. The van der Waals surface area contributed by atoms with E-state index in [-0.39, 0.29) is 6.04 Å². The second-order valence-electron chi connectivity index (χ2n) is 2.32. The molecule has 0 aliphatic rings. The summed E-state index contributed by atoms with van der Waals surface area (Å²) >= 11 is 0. The molecule has 0 heterocycles. The molecule has 0 aliphatic heterocycles. The first-order chi connectivity index (χ1) is 4.35. The highest BCUT2D eigenvalue weighted by Gasteiger charge is 2.02. The maximum atomic E-state index is 8.38. The lowest BCUT2D eigenvalue weighted by Gasteiger charge is -2.07. The van der Waals surface area contributed by atoms with Crippen LogP contribution in [-0.2, 0) is 0 Å². The monoisotopic (exact) mass is 130 g/mol. The molecule has 1 unspecified atom stereocenters. The maximum absolute atomic E-state index is 8.38. The summed E-state index contributed by atoms with van der Waals surface area (Å²) in [4.78, 5) is 0. The Balaban J connectivity index is 3.09. The van der Waals surface area contributed by atoms with Gasteiger partial charge >= 0.3 is 0 Å². The minimum atomic E-state index is 0.185. The van der Waals surface area contributed by atoms with E-state index in [4.69, 9.17) is 5.21 Å². The fraction of sp³-hybridized carbons (Fsp3) is 1.00. The van der Waals surface area contributed by atoms with E-state index in [2.05, 4.69) is 12.4 Å². The van der Waals surface area contributed by atoms with Crippen LogP contribution in [0.4, 0.5) is 0 Å². The average Bonchev–Trinajstić information content (AvgIpc) is 1.91. The molecule has 2 heteroatoms. The molecule has 0 aromatic heterocycles. The van der Waals surface area contributed by atoms with Gasteiger partial charge in [-0.05, 0) is 12.8 Å². The van der Waals surface area contributed by atoms with Crippen LogP contribution in [0, 0.1) is 0 Å². The second-order valence-corrected chi connectivity index (χ2v) is 2.32. The van der Waals surface area contributed by atoms with Gasteiger partial charge in [-0.15, -0.1) is 0 Å². The van der Waals surface area contributed by atoms with Gasteiger partial charge < -0.3 is 0 Å². The summed E-state index contributed by atoms with van der Waals surface area (Å²) in [6, 6.07) is 0.185. The standard InChI is InChI=1S/C7H16NO/c1-3-5-6-7(4-2)8-9/h7,9H,3-6H2,1-2H3. The number of hydrogen-bond donors (Lipinski definition) is 1. The molecule has 2 nitrogen and oxygen atoms in total. The molecule has 0 aliphatic carbocycles. The molecule has 1 N–H and O–H groups in total. The second kappa shape index (κ2) is 6.05. The molecule has 9 heavy (non-hydrogen) atoms. The molecular weight excluding hydrogens is 114 g/mol. The molecule has 0 rings (SSSR count). The minimum absolute atomic E-state index is 0.185. The van der Waals surface area contributed by atoms with Gasteiger partial charge in [-0.25, -0.2) is 0 Å². The molecule has 0 saturated heterocycles. The van der Waals surface area contributed by atoms with Gasteiger partial charge in [0.25, 0.3) is 0 Å². The van der Waals surface area contributed by atoms with E-state index in [0.717, 1.165) is 12.8 Å². The Hall–Kier alpha value is -0.0800. The van der Waals surface area contributed by atoms with E-state index >= 15 is 0 Å². The normalized spacial score (nSPS) is 13.7. The Morgan fingerprint density at radius 3 is 2.44 bits per heavy atom. The van der Waals surface area contributed by atoms with Crippen LogP contribution in [0.15, 0.2) is 0 Å². The van der Waals surface area contributed by atoms with E-state index < -0.39 is 0 Å². The van der Waals surface area contributed by atoms with Crippen molar-refractivity contribution in [3.05, 3.63) is 0 Å². The molecule has 0 amide bonds. The molecule has 0 spiro atoms. The van der Waals surface area contributed by atoms with Crippen molar-refractivity contribution in [2.45, 2.75) is 45.6 Å². The number of rotatable bonds is 5. The Kier molecular flexibility index (Phi) is 5.99. The molecular formula is C7H16NO. The molecule has 1 radical (unpaired) electrons. The van der Waals surface area contributed by atoms with Gasteiger partial charge in [-0.2, -0.15) is 0 Å². The molecule has 0 aromatic rings. The lowest BCUT2D eigenvalue weighted by Crippen LogP contribution is -2.17. The summed E-state index contributed by atoms with van der Waals surface area (Å²) in [7, 11) is 0. The Bertz CT molecular complexity index is 52.9. The Labute approximate surface area is 57.2 Å². The van der Waals surface area contributed by atoms with E-state index in [1.54, 1.807) is 0 Å². The summed E-state index contributed by atoms with van der Waals surface area (Å²) in [5.41, 5.74) is 3.24. The fourth-order valence-electron chi connectivity index (χ4n) is 0.783. The number of nitrogens with zero attached hydrogens (tertiary/aromatic N) is 1. The highest BCUT2D eigenvalue weighted by Crippen LogP contribution is 2.03. The highest BCUT2D eigenvalue weighted by molar-refractivity contribution is 4.57. The molecule has 1 atom stereocenters. The maximum Gasteiger partial charge on any atom is 0.0533 e. The molecule has 0 bridgehead atoms. The van der Waals surface area contributed by atoms with E-state index in [0.29, 0.717) is 0 Å². The predicted octanol–water partition coefficient (Wildman–Crippen LogP) is 1.95. The van der Waals surface area contributed by atoms with Crippen molar-refractivity contribution in [3.8, 4) is 0 Å². The molecule has 55 valence electrons. The van der Waals surface area contributed by atoms with Gasteiger partial charge in [0.05, 0.1) is 6.04 Å². The highest BCUT2D eigenvalue weighted by atomic mass is 16.5. The summed E-state index contributed by atoms with van der Waals surface area (Å²) < 4.78 is 0. The largest absolute Gasteiger partial charge is 0.297 e. The quantitative estimate of drug-likeness (QED) is 0.567. The van der Waals surface area contributed by atoms with Crippen molar-refractivity contribution in [1.82, 2.24) is 5.48 Å². The van der Waals surface area contributed by atoms with Crippen LogP contribution in [0.3, 0.4) is 0 Å². The first kappa shape index (κ1) is 8.92. The lowest BCUT2D eigenvalue weighted by molar-refractivity contribution is 0.108. The smallest absolute Gasteiger partial charge is 0.0533 e. The zero-order valence-corrected chi connectivity index (χ0v) is 6.30. The van der Waals surface area contributed by atoms with Crippen LogP contribution < -0.4 is 5.48 Å². The number of unbranched alkanes of at least 4 members (excludes halogenated alkanes) is 1. The Morgan fingerprint density at radius 1 is 1.44 bits per heavy atom. The van der Waals surface area contributed by atoms with Crippen molar-refractivity contribution in [3.63, 3.8) is 0 Å². The first-order valence-corrected chi connectivity index (χ1v) is 3.69. The van der Waals surface area contributed by atoms with Gasteiger partial charge in [0, 0.05) is 0 Å². The zero-order valence-electron chi connectivity index (χ0n) is 6.30. The van der Waals surface area contributed by atoms with Crippen molar-refractivity contribution < 1.29 is 5.21 Å². The van der Waals surface area contributed by atoms with E-state index in [1.165, 1.54) is 12.8 Å². The summed E-state index contributed by atoms with van der Waals surface area (Å²) in [5.74, 6) is 0. The molecule has 0 saturated carbocycles.